The maximum atomic E-state index is 11.4. The Balaban J connectivity index is 0.000000433. The smallest absolute Gasteiger partial charge is 0.305 e. The third-order valence-electron chi connectivity index (χ3n) is 2.47. The summed E-state index contributed by atoms with van der Waals surface area (Å²) in [5, 5.41) is 1.16. The van der Waals surface area contributed by atoms with Gasteiger partial charge in [-0.3, -0.25) is 9.59 Å². The van der Waals surface area contributed by atoms with E-state index in [1.807, 2.05) is 44.2 Å². The van der Waals surface area contributed by atoms with E-state index in [1.165, 1.54) is 0 Å². The van der Waals surface area contributed by atoms with Gasteiger partial charge in [-0.15, -0.1) is 0 Å². The minimum Gasteiger partial charge on any atom is -0.463 e. The first kappa shape index (κ1) is 19.8. The third kappa shape index (κ3) is 12.3. The van der Waals surface area contributed by atoms with E-state index in [1.54, 1.807) is 6.92 Å². The molecule has 0 saturated carbocycles. The summed E-state index contributed by atoms with van der Waals surface area (Å²) in [6.07, 6.45) is 3.37. The number of unbranched alkanes of at least 4 members (excludes halogenated alkanes) is 1. The van der Waals surface area contributed by atoms with Crippen molar-refractivity contribution in [3.8, 4) is 0 Å². The number of rotatable bonds is 7. The zero-order valence-corrected chi connectivity index (χ0v) is 14.5. The van der Waals surface area contributed by atoms with Crippen LogP contribution in [0.4, 0.5) is 0 Å². The van der Waals surface area contributed by atoms with Crippen molar-refractivity contribution in [2.45, 2.75) is 59.5 Å². The fraction of sp³-hybridized carbons (Fsp3) is 0.529. The molecule has 0 heterocycles. The van der Waals surface area contributed by atoms with Gasteiger partial charge in [-0.2, -0.15) is 0 Å². The van der Waals surface area contributed by atoms with E-state index in [0.717, 1.165) is 24.6 Å². The van der Waals surface area contributed by atoms with Gasteiger partial charge in [0.15, 0.2) is 5.52 Å². The number of ether oxygens (including phenoxy) is 1. The summed E-state index contributed by atoms with van der Waals surface area (Å²) in [5.74, 6) is -0.125. The number of hydrogen-bond acceptors (Lipinski definition) is 3. The minimum atomic E-state index is -0.125. The number of esters is 1. The van der Waals surface area contributed by atoms with Crippen molar-refractivity contribution in [2.24, 2.45) is 0 Å². The second kappa shape index (κ2) is 12.5. The van der Waals surface area contributed by atoms with Crippen LogP contribution in [0, 0.1) is 0 Å². The molecule has 0 spiro atoms. The highest BCUT2D eigenvalue weighted by Gasteiger charge is 2.01. The van der Waals surface area contributed by atoms with Crippen molar-refractivity contribution in [3.63, 3.8) is 0 Å². The van der Waals surface area contributed by atoms with Crippen LogP contribution in [-0.2, 0) is 14.3 Å². The van der Waals surface area contributed by atoms with Gasteiger partial charge < -0.3 is 4.74 Å². The van der Waals surface area contributed by atoms with Crippen molar-refractivity contribution in [2.75, 3.05) is 0 Å². The van der Waals surface area contributed by atoms with E-state index >= 15 is 0 Å². The lowest BCUT2D eigenvalue weighted by atomic mass is 10.3. The first-order valence-electron chi connectivity index (χ1n) is 7.53. The van der Waals surface area contributed by atoms with Crippen LogP contribution in [-0.4, -0.2) is 17.6 Å². The Morgan fingerprint density at radius 3 is 2.19 bits per heavy atom. The molecule has 0 radical (unpaired) electrons. The number of carbonyl (C=O) groups is 2. The summed E-state index contributed by atoms with van der Waals surface area (Å²) in [6.45, 7) is 7.57. The third-order valence-corrected chi connectivity index (χ3v) is 3.62. The zero-order chi connectivity index (χ0) is 16.1. The van der Waals surface area contributed by atoms with Crippen LogP contribution in [0.5, 0.6) is 0 Å². The van der Waals surface area contributed by atoms with Crippen molar-refractivity contribution in [1.29, 1.82) is 0 Å². The highest BCUT2D eigenvalue weighted by molar-refractivity contribution is 7.65. The molecule has 3 nitrogen and oxygen atoms in total. The van der Waals surface area contributed by atoms with Crippen LogP contribution < -0.4 is 5.30 Å². The Labute approximate surface area is 130 Å². The van der Waals surface area contributed by atoms with Crippen molar-refractivity contribution in [3.05, 3.63) is 30.3 Å². The molecule has 21 heavy (non-hydrogen) atoms. The van der Waals surface area contributed by atoms with Gasteiger partial charge in [-0.1, -0.05) is 50.6 Å². The minimum absolute atomic E-state index is 0.0300. The lowest BCUT2D eigenvalue weighted by Gasteiger charge is -2.04. The van der Waals surface area contributed by atoms with Crippen LogP contribution in [0.25, 0.3) is 0 Å². The van der Waals surface area contributed by atoms with Gasteiger partial charge in [0.05, 0.1) is 6.10 Å². The largest absolute Gasteiger partial charge is 0.463 e. The zero-order valence-electron chi connectivity index (χ0n) is 13.5. The van der Waals surface area contributed by atoms with Crippen LogP contribution >= 0.6 is 8.58 Å². The lowest BCUT2D eigenvalue weighted by molar-refractivity contribution is -0.146. The second-order valence-corrected chi connectivity index (χ2v) is 6.29. The number of carbonyl (C=O) groups excluding carboxylic acids is 2. The monoisotopic (exact) mass is 310 g/mol. The van der Waals surface area contributed by atoms with Crippen molar-refractivity contribution >= 4 is 25.4 Å². The molecule has 0 amide bonds. The maximum Gasteiger partial charge on any atom is 0.305 e. The average Bonchev–Trinajstić information content (AvgIpc) is 2.46. The van der Waals surface area contributed by atoms with Crippen LogP contribution in [0.3, 0.4) is 0 Å². The number of benzene rings is 1. The average molecular weight is 310 g/mol. The maximum absolute atomic E-state index is 11.4. The molecule has 0 saturated heterocycles. The van der Waals surface area contributed by atoms with E-state index in [-0.39, 0.29) is 12.1 Å². The van der Waals surface area contributed by atoms with Crippen LogP contribution in [0.2, 0.25) is 0 Å². The van der Waals surface area contributed by atoms with E-state index in [4.69, 9.17) is 4.74 Å². The summed E-state index contributed by atoms with van der Waals surface area (Å²) in [6, 6.07) is 9.97. The van der Waals surface area contributed by atoms with Gasteiger partial charge in [-0.25, -0.2) is 0 Å². The normalized spacial score (nSPS) is 10.3. The predicted octanol–water partition coefficient (Wildman–Crippen LogP) is 4.06. The highest BCUT2D eigenvalue weighted by Crippen LogP contribution is 2.15. The summed E-state index contributed by atoms with van der Waals surface area (Å²) in [5.41, 5.74) is 0.382. The first-order chi connectivity index (χ1) is 9.99. The van der Waals surface area contributed by atoms with E-state index in [2.05, 4.69) is 6.92 Å². The van der Waals surface area contributed by atoms with Gasteiger partial charge in [-0.05, 0) is 34.2 Å². The molecule has 1 atom stereocenters. The van der Waals surface area contributed by atoms with Crippen molar-refractivity contribution < 1.29 is 14.3 Å². The van der Waals surface area contributed by atoms with E-state index in [0.29, 0.717) is 20.5 Å². The standard InChI is InChI=1S/C11H15OP.C6H12O2/c1-2-3-9-11(12)13-10-7-5-4-6-8-10;1-4-6(7)8-5(2)3/h4-8,13H,2-3,9H2,1H3;5H,4H2,1-3H3. The quantitative estimate of drug-likeness (QED) is 0.563. The molecule has 0 bridgehead atoms. The van der Waals surface area contributed by atoms with Gasteiger partial charge in [0.25, 0.3) is 0 Å². The molecule has 0 fully saturated rings. The summed E-state index contributed by atoms with van der Waals surface area (Å²) in [4.78, 5) is 21.8. The molecule has 0 aromatic heterocycles. The molecule has 1 unspecified atom stereocenters. The van der Waals surface area contributed by atoms with Crippen molar-refractivity contribution in [1.82, 2.24) is 0 Å². The Morgan fingerprint density at radius 1 is 1.14 bits per heavy atom. The molecular formula is C17H27O3P. The van der Waals surface area contributed by atoms with Gasteiger partial charge in [0.2, 0.25) is 0 Å². The summed E-state index contributed by atoms with van der Waals surface area (Å²) < 4.78 is 4.76. The van der Waals surface area contributed by atoms with Crippen LogP contribution in [0.15, 0.2) is 30.3 Å². The molecule has 1 rings (SSSR count). The van der Waals surface area contributed by atoms with Gasteiger partial charge in [0.1, 0.15) is 0 Å². The summed E-state index contributed by atoms with van der Waals surface area (Å²) >= 11 is 0. The second-order valence-electron chi connectivity index (χ2n) is 4.91. The molecular weight excluding hydrogens is 283 g/mol. The van der Waals surface area contributed by atoms with E-state index in [9.17, 15) is 9.59 Å². The molecule has 0 aliphatic heterocycles. The molecule has 0 aliphatic carbocycles. The molecule has 4 heteroatoms. The molecule has 1 aromatic rings. The highest BCUT2D eigenvalue weighted by atomic mass is 31.1. The van der Waals surface area contributed by atoms with E-state index < -0.39 is 0 Å². The number of hydrogen-bond donors (Lipinski definition) is 0. The molecule has 0 aliphatic rings. The van der Waals surface area contributed by atoms with Gasteiger partial charge >= 0.3 is 5.97 Å². The Morgan fingerprint density at radius 2 is 1.76 bits per heavy atom. The Hall–Kier alpha value is -1.21. The fourth-order valence-electron chi connectivity index (χ4n) is 1.43. The molecule has 118 valence electrons. The lowest BCUT2D eigenvalue weighted by Crippen LogP contribution is -2.09. The molecule has 0 N–H and O–H groups in total. The van der Waals surface area contributed by atoms with Crippen LogP contribution in [0.1, 0.15) is 53.4 Å². The Kier molecular flexibility index (Phi) is 11.8. The predicted molar refractivity (Wildman–Crippen MR) is 90.4 cm³/mol. The topological polar surface area (TPSA) is 43.4 Å². The fourth-order valence-corrected chi connectivity index (χ4v) is 2.41. The summed E-state index contributed by atoms with van der Waals surface area (Å²) in [7, 11) is 0.349. The Bertz CT molecular complexity index is 402. The molecule has 1 aromatic carbocycles. The van der Waals surface area contributed by atoms with Gasteiger partial charge in [0, 0.05) is 12.8 Å². The first-order valence-corrected chi connectivity index (χ1v) is 8.53. The SMILES string of the molecule is CCC(=O)OC(C)C.CCCCC(=O)Pc1ccccc1.